The van der Waals surface area contributed by atoms with Gasteiger partial charge in [-0.1, -0.05) is 0 Å². The number of rotatable bonds is 2. The molecule has 0 unspecified atom stereocenters. The Morgan fingerprint density at radius 3 is 2.73 bits per heavy atom. The summed E-state index contributed by atoms with van der Waals surface area (Å²) in [5, 5.41) is 9.71. The van der Waals surface area contributed by atoms with Crippen LogP contribution in [0.1, 0.15) is 16.1 Å². The van der Waals surface area contributed by atoms with E-state index in [2.05, 4.69) is 0 Å². The standard InChI is InChI=1S/C11H11NO3/c1-7-5-9-6-8(11(13)14)3-4-10(9)12(7)15-2/h3-6H,1-2H3,(H,13,14). The molecular weight excluding hydrogens is 194 g/mol. The van der Waals surface area contributed by atoms with Gasteiger partial charge in [0.05, 0.1) is 16.8 Å². The number of benzene rings is 1. The van der Waals surface area contributed by atoms with Crippen LogP contribution < -0.4 is 4.84 Å². The second-order valence-electron chi connectivity index (χ2n) is 3.34. The van der Waals surface area contributed by atoms with Gasteiger partial charge < -0.3 is 9.94 Å². The maximum Gasteiger partial charge on any atom is 0.335 e. The number of nitrogens with zero attached hydrogens (tertiary/aromatic N) is 1. The van der Waals surface area contributed by atoms with Gasteiger partial charge in [-0.25, -0.2) is 4.79 Å². The molecule has 1 aromatic carbocycles. The summed E-state index contributed by atoms with van der Waals surface area (Å²) in [4.78, 5) is 15.9. The molecule has 1 N–H and O–H groups in total. The topological polar surface area (TPSA) is 51.5 Å². The Morgan fingerprint density at radius 2 is 2.13 bits per heavy atom. The molecule has 0 aliphatic heterocycles. The number of carboxylic acids is 1. The van der Waals surface area contributed by atoms with Crippen LogP contribution in [0.15, 0.2) is 24.3 Å². The van der Waals surface area contributed by atoms with E-state index < -0.39 is 5.97 Å². The molecule has 0 atom stereocenters. The fraction of sp³-hybridized carbons (Fsp3) is 0.182. The highest BCUT2D eigenvalue weighted by atomic mass is 16.6. The third kappa shape index (κ3) is 1.44. The first-order valence-corrected chi connectivity index (χ1v) is 4.53. The van der Waals surface area contributed by atoms with Crippen molar-refractivity contribution in [2.24, 2.45) is 0 Å². The van der Waals surface area contributed by atoms with Crippen LogP contribution in [0.3, 0.4) is 0 Å². The summed E-state index contributed by atoms with van der Waals surface area (Å²) in [5.41, 5.74) is 2.10. The minimum Gasteiger partial charge on any atom is -0.478 e. The van der Waals surface area contributed by atoms with Gasteiger partial charge in [0.2, 0.25) is 0 Å². The number of aromatic carboxylic acids is 1. The van der Waals surface area contributed by atoms with Crippen LogP contribution in [0.25, 0.3) is 10.9 Å². The van der Waals surface area contributed by atoms with Crippen molar-refractivity contribution in [3.8, 4) is 0 Å². The van der Waals surface area contributed by atoms with Crippen molar-refractivity contribution < 1.29 is 14.7 Å². The lowest BCUT2D eigenvalue weighted by Gasteiger charge is -2.04. The van der Waals surface area contributed by atoms with E-state index in [1.807, 2.05) is 13.0 Å². The van der Waals surface area contributed by atoms with Crippen molar-refractivity contribution >= 4 is 16.9 Å². The van der Waals surface area contributed by atoms with E-state index in [4.69, 9.17) is 9.94 Å². The SMILES string of the molecule is COn1c(C)cc2cc(C(=O)O)ccc21. The largest absolute Gasteiger partial charge is 0.478 e. The maximum absolute atomic E-state index is 10.8. The van der Waals surface area contributed by atoms with Gasteiger partial charge in [-0.05, 0) is 31.2 Å². The Balaban J connectivity index is 2.69. The minimum absolute atomic E-state index is 0.288. The average Bonchev–Trinajstić information content (AvgIpc) is 2.51. The molecule has 0 amide bonds. The van der Waals surface area contributed by atoms with Crippen molar-refractivity contribution in [2.75, 3.05) is 7.11 Å². The van der Waals surface area contributed by atoms with E-state index in [1.54, 1.807) is 30.0 Å². The van der Waals surface area contributed by atoms with Gasteiger partial charge in [0.1, 0.15) is 7.11 Å². The fourth-order valence-corrected chi connectivity index (χ4v) is 1.70. The first-order chi connectivity index (χ1) is 7.13. The summed E-state index contributed by atoms with van der Waals surface area (Å²) in [6, 6.07) is 6.85. The predicted molar refractivity (Wildman–Crippen MR) is 56.1 cm³/mol. The fourth-order valence-electron chi connectivity index (χ4n) is 1.70. The minimum atomic E-state index is -0.917. The van der Waals surface area contributed by atoms with Crippen molar-refractivity contribution in [1.82, 2.24) is 4.73 Å². The molecule has 4 nitrogen and oxygen atoms in total. The zero-order valence-corrected chi connectivity index (χ0v) is 8.52. The Labute approximate surface area is 86.7 Å². The van der Waals surface area contributed by atoms with Crippen molar-refractivity contribution in [1.29, 1.82) is 0 Å². The summed E-state index contributed by atoms with van der Waals surface area (Å²) in [6.07, 6.45) is 0. The smallest absolute Gasteiger partial charge is 0.335 e. The Kier molecular flexibility index (Phi) is 2.11. The van der Waals surface area contributed by atoms with Gasteiger partial charge in [-0.2, -0.15) is 4.73 Å². The van der Waals surface area contributed by atoms with E-state index in [0.717, 1.165) is 16.6 Å². The van der Waals surface area contributed by atoms with Crippen LogP contribution in [0, 0.1) is 6.92 Å². The Bertz CT molecular complexity index is 528. The Hall–Kier alpha value is -1.97. The second kappa shape index (κ2) is 3.31. The molecule has 1 heterocycles. The van der Waals surface area contributed by atoms with Crippen LogP contribution >= 0.6 is 0 Å². The van der Waals surface area contributed by atoms with Gasteiger partial charge in [0.25, 0.3) is 0 Å². The van der Waals surface area contributed by atoms with E-state index in [1.165, 1.54) is 0 Å². The number of carboxylic acid groups (broad SMARTS) is 1. The molecule has 2 rings (SSSR count). The van der Waals surface area contributed by atoms with Gasteiger partial charge in [0, 0.05) is 5.39 Å². The molecule has 0 bridgehead atoms. The number of aryl methyl sites for hydroxylation is 1. The van der Waals surface area contributed by atoms with Gasteiger partial charge in [-0.3, -0.25) is 0 Å². The molecule has 0 spiro atoms. The monoisotopic (exact) mass is 205 g/mol. The highest BCUT2D eigenvalue weighted by Crippen LogP contribution is 2.19. The molecule has 78 valence electrons. The molecule has 15 heavy (non-hydrogen) atoms. The molecule has 0 fully saturated rings. The molecule has 4 heteroatoms. The number of aromatic nitrogens is 1. The van der Waals surface area contributed by atoms with Crippen molar-refractivity contribution in [3.63, 3.8) is 0 Å². The second-order valence-corrected chi connectivity index (χ2v) is 3.34. The third-order valence-corrected chi connectivity index (χ3v) is 2.36. The zero-order chi connectivity index (χ0) is 11.0. The van der Waals surface area contributed by atoms with E-state index in [-0.39, 0.29) is 5.56 Å². The number of hydrogen-bond donors (Lipinski definition) is 1. The van der Waals surface area contributed by atoms with Crippen LogP contribution in [0.5, 0.6) is 0 Å². The van der Waals surface area contributed by atoms with Crippen LogP contribution in [0.2, 0.25) is 0 Å². The first-order valence-electron chi connectivity index (χ1n) is 4.53. The highest BCUT2D eigenvalue weighted by molar-refractivity contribution is 5.93. The van der Waals surface area contributed by atoms with Crippen molar-refractivity contribution in [3.05, 3.63) is 35.5 Å². The van der Waals surface area contributed by atoms with E-state index in [9.17, 15) is 4.79 Å². The van der Waals surface area contributed by atoms with Gasteiger partial charge >= 0.3 is 5.97 Å². The molecular formula is C11H11NO3. The first kappa shape index (κ1) is 9.58. The molecule has 0 saturated heterocycles. The number of carbonyl (C=O) groups is 1. The zero-order valence-electron chi connectivity index (χ0n) is 8.52. The molecule has 0 aliphatic rings. The normalized spacial score (nSPS) is 10.5. The lowest BCUT2D eigenvalue weighted by Crippen LogP contribution is -2.06. The summed E-state index contributed by atoms with van der Waals surface area (Å²) < 4.78 is 1.67. The quantitative estimate of drug-likeness (QED) is 0.811. The lowest BCUT2D eigenvalue weighted by molar-refractivity contribution is 0.0697. The summed E-state index contributed by atoms with van der Waals surface area (Å²) in [6.45, 7) is 1.91. The summed E-state index contributed by atoms with van der Waals surface area (Å²) in [5.74, 6) is -0.917. The van der Waals surface area contributed by atoms with Crippen LogP contribution in [-0.2, 0) is 0 Å². The lowest BCUT2D eigenvalue weighted by atomic mass is 10.1. The third-order valence-electron chi connectivity index (χ3n) is 2.36. The average molecular weight is 205 g/mol. The maximum atomic E-state index is 10.8. The summed E-state index contributed by atoms with van der Waals surface area (Å²) >= 11 is 0. The Morgan fingerprint density at radius 1 is 1.40 bits per heavy atom. The molecule has 0 saturated carbocycles. The highest BCUT2D eigenvalue weighted by Gasteiger charge is 2.08. The van der Waals surface area contributed by atoms with Gasteiger partial charge in [0.15, 0.2) is 0 Å². The number of fused-ring (bicyclic) bond motifs is 1. The molecule has 1 aromatic heterocycles. The van der Waals surface area contributed by atoms with Crippen LogP contribution in [0.4, 0.5) is 0 Å². The van der Waals surface area contributed by atoms with E-state index >= 15 is 0 Å². The molecule has 2 aromatic rings. The number of hydrogen-bond acceptors (Lipinski definition) is 2. The van der Waals surface area contributed by atoms with Crippen molar-refractivity contribution in [2.45, 2.75) is 6.92 Å². The van der Waals surface area contributed by atoms with E-state index in [0.29, 0.717) is 0 Å². The summed E-state index contributed by atoms with van der Waals surface area (Å²) in [7, 11) is 1.58. The van der Waals surface area contributed by atoms with Gasteiger partial charge in [-0.15, -0.1) is 0 Å². The molecule has 0 aliphatic carbocycles. The molecule has 0 radical (unpaired) electrons. The predicted octanol–water partition coefficient (Wildman–Crippen LogP) is 1.71. The van der Waals surface area contributed by atoms with Crippen LogP contribution in [-0.4, -0.2) is 22.9 Å².